The van der Waals surface area contributed by atoms with Crippen LogP contribution in [-0.2, 0) is 9.08 Å². The average molecular weight is 615 g/mol. The van der Waals surface area contributed by atoms with Gasteiger partial charge >= 0.3 is 7.12 Å². The lowest BCUT2D eigenvalue weighted by Crippen LogP contribution is -2.66. The minimum absolute atomic E-state index is 0.146. The van der Waals surface area contributed by atoms with Crippen molar-refractivity contribution in [1.82, 2.24) is 0 Å². The number of benzene rings is 4. The van der Waals surface area contributed by atoms with Crippen LogP contribution < -0.4 is 10.4 Å². The summed E-state index contributed by atoms with van der Waals surface area (Å²) in [5.41, 5.74) is 5.16. The molecule has 1 aliphatic rings. The van der Waals surface area contributed by atoms with Crippen LogP contribution in [0, 0.1) is 0 Å². The summed E-state index contributed by atoms with van der Waals surface area (Å²) in [6.07, 6.45) is 5.71. The summed E-state index contributed by atoms with van der Waals surface area (Å²) < 4.78 is 13.4. The van der Waals surface area contributed by atoms with Crippen molar-refractivity contribution in [1.29, 1.82) is 0 Å². The van der Waals surface area contributed by atoms with Crippen molar-refractivity contribution in [3.8, 4) is 5.75 Å². The van der Waals surface area contributed by atoms with Gasteiger partial charge in [-0.15, -0.1) is 0 Å². The molecule has 230 valence electrons. The van der Waals surface area contributed by atoms with Gasteiger partial charge in [0.2, 0.25) is 0 Å². The third-order valence-corrected chi connectivity index (χ3v) is 13.5. The number of rotatable bonds is 11. The Kier molecular flexibility index (Phi) is 10.4. The second-order valence-corrected chi connectivity index (χ2v) is 17.0. The lowest BCUT2D eigenvalue weighted by atomic mass is 9.78. The summed E-state index contributed by atoms with van der Waals surface area (Å²) in [5, 5.41) is 22.6. The van der Waals surface area contributed by atoms with Gasteiger partial charge in [0, 0.05) is 6.32 Å². The predicted octanol–water partition coefficient (Wildman–Crippen LogP) is 7.65. The van der Waals surface area contributed by atoms with Crippen LogP contribution >= 0.6 is 0 Å². The first-order valence-electron chi connectivity index (χ1n) is 15.7. The second-order valence-electron chi connectivity index (χ2n) is 12.7. The molecular weight excluding hydrogens is 571 g/mol. The Balaban J connectivity index is 1.40. The Bertz CT molecular complexity index is 1570. The standard InChI is InChI=1S/C39H43BO4Si/c1-30(29-43-45(39(2,3)4,35-16-10-6-11-17-35)36-18-12-7-13-19-36)37-26-27-40(42)44-38(37)25-22-33(32-14-8-5-9-15-32)28-31-20-23-34(41)24-21-31/h5-21,23-24,26,28,38,41-42H,1,22,25,27,29H2,2-4H3/b33-28-. The third-order valence-electron chi connectivity index (χ3n) is 8.55. The van der Waals surface area contributed by atoms with Crippen molar-refractivity contribution in [3.63, 3.8) is 0 Å². The quantitative estimate of drug-likeness (QED) is 0.135. The molecule has 4 aromatic rings. The van der Waals surface area contributed by atoms with Gasteiger partial charge in [0.05, 0.1) is 12.7 Å². The van der Waals surface area contributed by atoms with Crippen LogP contribution in [0.25, 0.3) is 11.6 Å². The van der Waals surface area contributed by atoms with Gasteiger partial charge in [0.25, 0.3) is 8.32 Å². The van der Waals surface area contributed by atoms with E-state index in [0.29, 0.717) is 19.3 Å². The van der Waals surface area contributed by atoms with Crippen molar-refractivity contribution in [2.75, 3.05) is 6.61 Å². The van der Waals surface area contributed by atoms with Gasteiger partial charge in [-0.25, -0.2) is 0 Å². The van der Waals surface area contributed by atoms with Gasteiger partial charge in [0.15, 0.2) is 0 Å². The minimum atomic E-state index is -2.74. The number of hydrogen-bond acceptors (Lipinski definition) is 4. The van der Waals surface area contributed by atoms with Crippen LogP contribution in [0.15, 0.2) is 139 Å². The predicted molar refractivity (Wildman–Crippen MR) is 190 cm³/mol. The van der Waals surface area contributed by atoms with E-state index in [1.54, 1.807) is 12.1 Å². The zero-order valence-electron chi connectivity index (χ0n) is 26.5. The summed E-state index contributed by atoms with van der Waals surface area (Å²) in [6, 6.07) is 38.8. The van der Waals surface area contributed by atoms with Crippen molar-refractivity contribution in [2.45, 2.75) is 51.1 Å². The van der Waals surface area contributed by atoms with E-state index in [0.717, 1.165) is 34.3 Å². The van der Waals surface area contributed by atoms with Crippen LogP contribution in [0.4, 0.5) is 0 Å². The number of phenols is 1. The monoisotopic (exact) mass is 614 g/mol. The van der Waals surface area contributed by atoms with Crippen molar-refractivity contribution >= 4 is 37.5 Å². The first kappa shape index (κ1) is 32.5. The van der Waals surface area contributed by atoms with Gasteiger partial charge in [-0.3, -0.25) is 0 Å². The molecule has 0 fully saturated rings. The molecule has 0 aromatic heterocycles. The molecule has 45 heavy (non-hydrogen) atoms. The summed E-state index contributed by atoms with van der Waals surface area (Å²) >= 11 is 0. The van der Waals surface area contributed by atoms with E-state index in [1.165, 1.54) is 10.4 Å². The summed E-state index contributed by atoms with van der Waals surface area (Å²) in [6.45, 7) is 11.7. The Morgan fingerprint density at radius 1 is 0.889 bits per heavy atom. The molecule has 1 heterocycles. The summed E-state index contributed by atoms with van der Waals surface area (Å²) in [7, 11) is -3.60. The topological polar surface area (TPSA) is 58.9 Å². The lowest BCUT2D eigenvalue weighted by molar-refractivity contribution is 0.182. The Labute approximate surface area is 269 Å². The van der Waals surface area contributed by atoms with Crippen LogP contribution in [0.3, 0.4) is 0 Å². The number of phenolic OH excluding ortho intramolecular Hbond substituents is 1. The molecule has 0 radical (unpaired) electrons. The van der Waals surface area contributed by atoms with E-state index in [2.05, 4.69) is 112 Å². The average Bonchev–Trinajstić information content (AvgIpc) is 3.05. The zero-order valence-corrected chi connectivity index (χ0v) is 27.5. The molecule has 4 aromatic carbocycles. The van der Waals surface area contributed by atoms with Crippen molar-refractivity contribution < 1.29 is 19.2 Å². The molecule has 0 saturated heterocycles. The Hall–Kier alpha value is -3.94. The minimum Gasteiger partial charge on any atom is -0.508 e. The maximum Gasteiger partial charge on any atom is 0.458 e. The lowest BCUT2D eigenvalue weighted by Gasteiger charge is -2.43. The van der Waals surface area contributed by atoms with Gasteiger partial charge in [0.1, 0.15) is 5.75 Å². The smallest absolute Gasteiger partial charge is 0.458 e. The highest BCUT2D eigenvalue weighted by Crippen LogP contribution is 2.38. The van der Waals surface area contributed by atoms with Crippen molar-refractivity contribution in [2.24, 2.45) is 0 Å². The molecule has 2 N–H and O–H groups in total. The first-order valence-corrected chi connectivity index (χ1v) is 17.6. The van der Waals surface area contributed by atoms with Crippen LogP contribution in [0.1, 0.15) is 44.7 Å². The van der Waals surface area contributed by atoms with E-state index in [4.69, 9.17) is 9.08 Å². The number of hydrogen-bond donors (Lipinski definition) is 2. The summed E-state index contributed by atoms with van der Waals surface area (Å²) in [4.78, 5) is 0. The maximum absolute atomic E-state index is 10.5. The molecule has 6 heteroatoms. The van der Waals surface area contributed by atoms with E-state index in [9.17, 15) is 10.1 Å². The molecule has 0 spiro atoms. The van der Waals surface area contributed by atoms with Gasteiger partial charge in [-0.2, -0.15) is 0 Å². The van der Waals surface area contributed by atoms with Gasteiger partial charge in [-0.1, -0.05) is 143 Å². The molecule has 0 bridgehead atoms. The SMILES string of the molecule is C=C(CO[Si](c1ccccc1)(c1ccccc1)C(C)(C)C)C1=CCB(O)OC1CC/C(=C/c1ccc(O)cc1)c1ccccc1. The van der Waals surface area contributed by atoms with Crippen LogP contribution in [0.5, 0.6) is 5.75 Å². The van der Waals surface area contributed by atoms with E-state index in [1.807, 2.05) is 30.3 Å². The highest BCUT2D eigenvalue weighted by Gasteiger charge is 2.50. The van der Waals surface area contributed by atoms with Crippen molar-refractivity contribution in [3.05, 3.63) is 150 Å². The van der Waals surface area contributed by atoms with E-state index in [-0.39, 0.29) is 16.9 Å². The highest BCUT2D eigenvalue weighted by atomic mass is 28.4. The number of aromatic hydroxyl groups is 1. The first-order chi connectivity index (χ1) is 21.7. The fraction of sp³-hybridized carbons (Fsp3) is 0.231. The highest BCUT2D eigenvalue weighted by molar-refractivity contribution is 6.99. The molecular formula is C39H43BO4Si. The fourth-order valence-electron chi connectivity index (χ4n) is 6.32. The molecule has 1 aliphatic heterocycles. The largest absolute Gasteiger partial charge is 0.508 e. The molecule has 1 atom stereocenters. The Morgan fingerprint density at radius 2 is 1.44 bits per heavy atom. The normalized spacial score (nSPS) is 15.9. The molecule has 0 amide bonds. The molecule has 0 aliphatic carbocycles. The van der Waals surface area contributed by atoms with E-state index < -0.39 is 15.4 Å². The molecule has 0 saturated carbocycles. The fourth-order valence-corrected chi connectivity index (χ4v) is 10.9. The second kappa shape index (κ2) is 14.4. The number of allylic oxidation sites excluding steroid dienone is 2. The molecule has 4 nitrogen and oxygen atoms in total. The van der Waals surface area contributed by atoms with E-state index >= 15 is 0 Å². The van der Waals surface area contributed by atoms with Gasteiger partial charge in [-0.05, 0) is 68.2 Å². The van der Waals surface area contributed by atoms with Crippen LogP contribution in [-0.4, -0.2) is 38.3 Å². The summed E-state index contributed by atoms with van der Waals surface area (Å²) in [5.74, 6) is 0.242. The van der Waals surface area contributed by atoms with Crippen LogP contribution in [0.2, 0.25) is 11.4 Å². The Morgan fingerprint density at radius 3 is 2.00 bits per heavy atom. The van der Waals surface area contributed by atoms with Gasteiger partial charge < -0.3 is 19.2 Å². The molecule has 5 rings (SSSR count). The maximum atomic E-state index is 10.5. The molecule has 1 unspecified atom stereocenters. The zero-order chi connectivity index (χ0) is 31.9. The third kappa shape index (κ3) is 7.66.